The lowest BCUT2D eigenvalue weighted by Gasteiger charge is -2.23. The lowest BCUT2D eigenvalue weighted by atomic mass is 10.1. The van der Waals surface area contributed by atoms with Crippen molar-refractivity contribution in [3.05, 3.63) is 65.2 Å². The van der Waals surface area contributed by atoms with E-state index in [1.807, 2.05) is 0 Å². The number of hydrogen-bond donors (Lipinski definition) is 0. The quantitative estimate of drug-likeness (QED) is 0.621. The fourth-order valence-corrected chi connectivity index (χ4v) is 2.87. The number of alkyl halides is 2. The van der Waals surface area contributed by atoms with Crippen LogP contribution in [0.3, 0.4) is 0 Å². The zero-order valence-corrected chi connectivity index (χ0v) is 14.5. The standard InChI is InChI=1S/C20H19F4NO2/c21-15-5-4-14(18(22)11-15)12-25(16-6-7-16)19(26)10-3-13-1-8-17(9-2-13)27-20(23)24/h1-2,4-5,8-9,11,16,20H,3,6-7,10,12H2. The molecule has 0 spiro atoms. The molecule has 1 fully saturated rings. The van der Waals surface area contributed by atoms with E-state index in [9.17, 15) is 22.4 Å². The Bertz CT molecular complexity index is 791. The van der Waals surface area contributed by atoms with E-state index in [2.05, 4.69) is 4.74 Å². The molecule has 0 aliphatic heterocycles. The summed E-state index contributed by atoms with van der Waals surface area (Å²) >= 11 is 0. The molecule has 0 radical (unpaired) electrons. The summed E-state index contributed by atoms with van der Waals surface area (Å²) in [6, 6.07) is 9.55. The third-order valence-corrected chi connectivity index (χ3v) is 4.44. The van der Waals surface area contributed by atoms with Crippen molar-refractivity contribution in [2.75, 3.05) is 0 Å². The molecule has 2 aromatic carbocycles. The second-order valence-corrected chi connectivity index (χ2v) is 6.51. The average molecular weight is 381 g/mol. The molecule has 1 aliphatic rings. The minimum atomic E-state index is -2.88. The van der Waals surface area contributed by atoms with Gasteiger partial charge in [-0.25, -0.2) is 8.78 Å². The van der Waals surface area contributed by atoms with Gasteiger partial charge < -0.3 is 9.64 Å². The molecule has 1 amide bonds. The Kier molecular flexibility index (Phi) is 5.98. The van der Waals surface area contributed by atoms with Crippen LogP contribution in [0.4, 0.5) is 17.6 Å². The number of hydrogen-bond acceptors (Lipinski definition) is 2. The predicted octanol–water partition coefficient (Wildman–Crippen LogP) is 4.69. The van der Waals surface area contributed by atoms with Gasteiger partial charge in [0.15, 0.2) is 0 Å². The van der Waals surface area contributed by atoms with Crippen LogP contribution in [0.1, 0.15) is 30.4 Å². The highest BCUT2D eigenvalue weighted by Gasteiger charge is 2.32. The largest absolute Gasteiger partial charge is 0.435 e. The summed E-state index contributed by atoms with van der Waals surface area (Å²) in [5, 5.41) is 0. The van der Waals surface area contributed by atoms with E-state index in [0.29, 0.717) is 6.42 Å². The molecule has 7 heteroatoms. The van der Waals surface area contributed by atoms with Crippen molar-refractivity contribution in [3.8, 4) is 5.75 Å². The monoisotopic (exact) mass is 381 g/mol. The van der Waals surface area contributed by atoms with Gasteiger partial charge in [-0.05, 0) is 43.0 Å². The van der Waals surface area contributed by atoms with Crippen molar-refractivity contribution in [1.29, 1.82) is 0 Å². The number of benzene rings is 2. The van der Waals surface area contributed by atoms with Crippen molar-refractivity contribution < 1.29 is 27.1 Å². The SMILES string of the molecule is O=C(CCc1ccc(OC(F)F)cc1)N(Cc1ccc(F)cc1F)C1CC1. The Balaban J connectivity index is 1.59. The number of halogens is 4. The lowest BCUT2D eigenvalue weighted by molar-refractivity contribution is -0.132. The maximum atomic E-state index is 13.9. The van der Waals surface area contributed by atoms with Gasteiger partial charge >= 0.3 is 6.61 Å². The van der Waals surface area contributed by atoms with Gasteiger partial charge in [-0.3, -0.25) is 4.79 Å². The molecule has 3 nitrogen and oxygen atoms in total. The first-order valence-electron chi connectivity index (χ1n) is 8.69. The van der Waals surface area contributed by atoms with Crippen LogP contribution in [0.2, 0.25) is 0 Å². The lowest BCUT2D eigenvalue weighted by Crippen LogP contribution is -2.33. The maximum Gasteiger partial charge on any atom is 0.387 e. The van der Waals surface area contributed by atoms with E-state index in [0.717, 1.165) is 24.5 Å². The summed E-state index contributed by atoms with van der Waals surface area (Å²) in [6.07, 6.45) is 2.39. The van der Waals surface area contributed by atoms with E-state index in [4.69, 9.17) is 0 Å². The van der Waals surface area contributed by atoms with Crippen LogP contribution in [0, 0.1) is 11.6 Å². The molecule has 0 atom stereocenters. The van der Waals surface area contributed by atoms with Crippen LogP contribution in [-0.2, 0) is 17.8 Å². The molecular formula is C20H19F4NO2. The van der Waals surface area contributed by atoms with Crippen molar-refractivity contribution in [2.24, 2.45) is 0 Å². The first kappa shape index (κ1) is 19.2. The van der Waals surface area contributed by atoms with Crippen LogP contribution >= 0.6 is 0 Å². The van der Waals surface area contributed by atoms with E-state index in [-0.39, 0.29) is 36.2 Å². The Hall–Kier alpha value is -2.57. The topological polar surface area (TPSA) is 29.5 Å². The summed E-state index contributed by atoms with van der Waals surface area (Å²) in [7, 11) is 0. The van der Waals surface area contributed by atoms with Gasteiger partial charge in [-0.1, -0.05) is 18.2 Å². The summed E-state index contributed by atoms with van der Waals surface area (Å²) in [5.74, 6) is -1.37. The highest BCUT2D eigenvalue weighted by Crippen LogP contribution is 2.30. The number of aryl methyl sites for hydroxylation is 1. The van der Waals surface area contributed by atoms with E-state index in [1.54, 1.807) is 17.0 Å². The fourth-order valence-electron chi connectivity index (χ4n) is 2.87. The molecule has 2 aromatic rings. The molecule has 1 saturated carbocycles. The van der Waals surface area contributed by atoms with E-state index in [1.165, 1.54) is 24.3 Å². The van der Waals surface area contributed by atoms with Gasteiger partial charge in [0.1, 0.15) is 17.4 Å². The first-order valence-corrected chi connectivity index (χ1v) is 8.69. The van der Waals surface area contributed by atoms with Crippen LogP contribution in [0.15, 0.2) is 42.5 Å². The minimum Gasteiger partial charge on any atom is -0.435 e. The Labute approximate surface area is 154 Å². The second-order valence-electron chi connectivity index (χ2n) is 6.51. The number of carbonyl (C=O) groups excluding carboxylic acids is 1. The summed E-state index contributed by atoms with van der Waals surface area (Å²) < 4.78 is 55.5. The molecular weight excluding hydrogens is 362 g/mol. The molecule has 0 saturated heterocycles. The zero-order valence-electron chi connectivity index (χ0n) is 14.5. The Morgan fingerprint density at radius 3 is 2.41 bits per heavy atom. The van der Waals surface area contributed by atoms with E-state index >= 15 is 0 Å². The van der Waals surface area contributed by atoms with Gasteiger partial charge in [0.2, 0.25) is 5.91 Å². The number of nitrogens with zero attached hydrogens (tertiary/aromatic N) is 1. The van der Waals surface area contributed by atoms with Crippen LogP contribution < -0.4 is 4.74 Å². The van der Waals surface area contributed by atoms with Gasteiger partial charge in [0.25, 0.3) is 0 Å². The predicted molar refractivity (Wildman–Crippen MR) is 91.3 cm³/mol. The highest BCUT2D eigenvalue weighted by molar-refractivity contribution is 5.77. The second kappa shape index (κ2) is 8.41. The van der Waals surface area contributed by atoms with Crippen LogP contribution in [-0.4, -0.2) is 23.5 Å². The summed E-state index contributed by atoms with van der Waals surface area (Å²) in [6.45, 7) is -2.77. The van der Waals surface area contributed by atoms with Crippen molar-refractivity contribution >= 4 is 5.91 Å². The van der Waals surface area contributed by atoms with Gasteiger partial charge in [0, 0.05) is 30.6 Å². The molecule has 0 N–H and O–H groups in total. The molecule has 1 aliphatic carbocycles. The number of carbonyl (C=O) groups is 1. The molecule has 144 valence electrons. The first-order chi connectivity index (χ1) is 12.9. The highest BCUT2D eigenvalue weighted by atomic mass is 19.3. The van der Waals surface area contributed by atoms with Crippen LogP contribution in [0.5, 0.6) is 5.75 Å². The Morgan fingerprint density at radius 2 is 1.81 bits per heavy atom. The minimum absolute atomic E-state index is 0.0615. The normalized spacial score (nSPS) is 13.7. The van der Waals surface area contributed by atoms with Crippen molar-refractivity contribution in [2.45, 2.75) is 44.9 Å². The maximum absolute atomic E-state index is 13.9. The zero-order chi connectivity index (χ0) is 19.4. The van der Waals surface area contributed by atoms with Crippen molar-refractivity contribution in [3.63, 3.8) is 0 Å². The number of rotatable bonds is 8. The molecule has 0 bridgehead atoms. The molecule has 0 unspecified atom stereocenters. The number of ether oxygens (including phenoxy) is 1. The third kappa shape index (κ3) is 5.45. The van der Waals surface area contributed by atoms with E-state index < -0.39 is 18.2 Å². The van der Waals surface area contributed by atoms with Gasteiger partial charge in [-0.2, -0.15) is 8.78 Å². The van der Waals surface area contributed by atoms with Gasteiger partial charge in [-0.15, -0.1) is 0 Å². The van der Waals surface area contributed by atoms with Gasteiger partial charge in [0.05, 0.1) is 0 Å². The fraction of sp³-hybridized carbons (Fsp3) is 0.350. The summed E-state index contributed by atoms with van der Waals surface area (Å²) in [5.41, 5.74) is 1.10. The number of amides is 1. The average Bonchev–Trinajstić information content (AvgIpc) is 3.45. The van der Waals surface area contributed by atoms with Crippen molar-refractivity contribution in [1.82, 2.24) is 4.90 Å². The molecule has 27 heavy (non-hydrogen) atoms. The molecule has 3 rings (SSSR count). The molecule has 0 heterocycles. The smallest absolute Gasteiger partial charge is 0.387 e. The van der Waals surface area contributed by atoms with Crippen LogP contribution in [0.25, 0.3) is 0 Å². The summed E-state index contributed by atoms with van der Waals surface area (Å²) in [4.78, 5) is 14.2. The third-order valence-electron chi connectivity index (χ3n) is 4.44. The molecule has 0 aromatic heterocycles. The Morgan fingerprint density at radius 1 is 1.11 bits per heavy atom.